The molecule has 0 aromatic rings. The highest BCUT2D eigenvalue weighted by molar-refractivity contribution is 5.76. The van der Waals surface area contributed by atoms with E-state index in [1.165, 1.54) is 0 Å². The van der Waals surface area contributed by atoms with Crippen LogP contribution in [0.2, 0.25) is 0 Å². The molecule has 0 atom stereocenters. The Morgan fingerprint density at radius 1 is 1.71 bits per heavy atom. The quantitative estimate of drug-likeness (QED) is 0.183. The molecule has 0 spiro atoms. The molecule has 14 heavy (non-hydrogen) atoms. The summed E-state index contributed by atoms with van der Waals surface area (Å²) in [5, 5.41) is 21.5. The van der Waals surface area contributed by atoms with E-state index >= 15 is 0 Å². The van der Waals surface area contributed by atoms with Gasteiger partial charge in [-0.25, -0.2) is 10.1 Å². The van der Waals surface area contributed by atoms with Crippen LogP contribution in [0.1, 0.15) is 26.2 Å². The van der Waals surface area contributed by atoms with Crippen LogP contribution in [0.3, 0.4) is 0 Å². The Bertz CT molecular complexity index is 208. The van der Waals surface area contributed by atoms with Gasteiger partial charge in [-0.05, 0) is 6.42 Å². The fourth-order valence-electron chi connectivity index (χ4n) is 0.873. The number of nitrogens with two attached hydrogens (primary N) is 1. The fraction of sp³-hybridized carbons (Fsp3) is 0.833. The third-order valence-corrected chi connectivity index (χ3v) is 1.57. The van der Waals surface area contributed by atoms with Crippen molar-refractivity contribution in [2.75, 3.05) is 6.54 Å². The molecular formula is C6H15N5O3. The number of hydrogen-bond acceptors (Lipinski definition) is 4. The van der Waals surface area contributed by atoms with Crippen molar-refractivity contribution >= 4 is 5.96 Å². The van der Waals surface area contributed by atoms with Crippen molar-refractivity contribution in [3.63, 3.8) is 0 Å². The molecule has 0 aromatic carbocycles. The standard InChI is InChI=1S/C6H15N5O3/c1-2-3-4-5-10(9-12)6(7)8-11(13)14/h9,12H,2-5H2,1H3,(H2,7,8). The highest BCUT2D eigenvalue weighted by Crippen LogP contribution is 1.95. The first kappa shape index (κ1) is 12.6. The van der Waals surface area contributed by atoms with Crippen molar-refractivity contribution in [2.24, 2.45) is 10.8 Å². The first-order chi connectivity index (χ1) is 6.61. The topological polar surface area (TPSA) is 117 Å². The molecule has 4 N–H and O–H groups in total. The van der Waals surface area contributed by atoms with E-state index in [0.717, 1.165) is 24.3 Å². The summed E-state index contributed by atoms with van der Waals surface area (Å²) in [6, 6.07) is 0. The van der Waals surface area contributed by atoms with Crippen LogP contribution in [0.15, 0.2) is 5.10 Å². The van der Waals surface area contributed by atoms with Gasteiger partial charge >= 0.3 is 0 Å². The van der Waals surface area contributed by atoms with E-state index in [0.29, 0.717) is 6.54 Å². The predicted octanol–water partition coefficient (Wildman–Crippen LogP) is -0.121. The Morgan fingerprint density at radius 3 is 2.79 bits per heavy atom. The lowest BCUT2D eigenvalue weighted by molar-refractivity contribution is -0.486. The van der Waals surface area contributed by atoms with Crippen molar-refractivity contribution < 1.29 is 10.2 Å². The zero-order valence-electron chi connectivity index (χ0n) is 8.01. The minimum atomic E-state index is -0.917. The van der Waals surface area contributed by atoms with Gasteiger partial charge in [-0.2, -0.15) is 0 Å². The van der Waals surface area contributed by atoms with E-state index in [1.807, 2.05) is 6.92 Å². The van der Waals surface area contributed by atoms with Crippen molar-refractivity contribution in [1.29, 1.82) is 0 Å². The Balaban J connectivity index is 4.05. The molecule has 8 heteroatoms. The molecule has 0 saturated carbocycles. The molecule has 0 aliphatic rings. The van der Waals surface area contributed by atoms with Crippen LogP contribution >= 0.6 is 0 Å². The Morgan fingerprint density at radius 2 is 2.36 bits per heavy atom. The van der Waals surface area contributed by atoms with E-state index in [-0.39, 0.29) is 5.96 Å². The number of hydrogen-bond donors (Lipinski definition) is 3. The van der Waals surface area contributed by atoms with Gasteiger partial charge in [-0.15, -0.1) is 5.59 Å². The number of rotatable bonds is 6. The lowest BCUT2D eigenvalue weighted by Crippen LogP contribution is -2.46. The normalized spacial score (nSPS) is 11.4. The number of guanidine groups is 1. The van der Waals surface area contributed by atoms with Gasteiger partial charge in [0.2, 0.25) is 0 Å². The minimum Gasteiger partial charge on any atom is -0.363 e. The van der Waals surface area contributed by atoms with Gasteiger partial charge in [0.05, 0.1) is 0 Å². The summed E-state index contributed by atoms with van der Waals surface area (Å²) in [5.74, 6) is -0.367. The van der Waals surface area contributed by atoms with E-state index in [1.54, 1.807) is 5.59 Å². The van der Waals surface area contributed by atoms with Crippen LogP contribution < -0.4 is 11.3 Å². The molecule has 0 aromatic heterocycles. The lowest BCUT2D eigenvalue weighted by atomic mass is 10.2. The number of nitrogens with one attached hydrogen (secondary N) is 1. The van der Waals surface area contributed by atoms with Gasteiger partial charge in [0.1, 0.15) is 5.10 Å². The molecule has 0 bridgehead atoms. The van der Waals surface area contributed by atoms with Crippen LogP contribution in [-0.4, -0.2) is 27.8 Å². The van der Waals surface area contributed by atoms with E-state index in [2.05, 4.69) is 5.10 Å². The SMILES string of the molecule is CCCCCN(NO)C(N)=N[N+](=O)[O-]. The Hall–Kier alpha value is -1.41. The average molecular weight is 205 g/mol. The van der Waals surface area contributed by atoms with Crippen LogP contribution in [0.25, 0.3) is 0 Å². The minimum absolute atomic E-state index is 0.367. The molecule has 0 amide bonds. The molecule has 0 saturated heterocycles. The fourth-order valence-corrected chi connectivity index (χ4v) is 0.873. The molecule has 0 aliphatic heterocycles. The maximum atomic E-state index is 9.96. The molecule has 82 valence electrons. The molecule has 0 unspecified atom stereocenters. The van der Waals surface area contributed by atoms with Crippen LogP contribution in [-0.2, 0) is 0 Å². The van der Waals surface area contributed by atoms with E-state index in [9.17, 15) is 10.1 Å². The summed E-state index contributed by atoms with van der Waals surface area (Å²) in [6.07, 6.45) is 2.72. The van der Waals surface area contributed by atoms with Gasteiger partial charge in [-0.1, -0.05) is 19.8 Å². The summed E-state index contributed by atoms with van der Waals surface area (Å²) < 4.78 is 0. The average Bonchev–Trinajstić information content (AvgIpc) is 2.11. The smallest absolute Gasteiger partial charge is 0.284 e. The molecule has 0 radical (unpaired) electrons. The first-order valence-corrected chi connectivity index (χ1v) is 4.27. The monoisotopic (exact) mass is 205 g/mol. The molecule has 0 fully saturated rings. The molecular weight excluding hydrogens is 190 g/mol. The lowest BCUT2D eigenvalue weighted by Gasteiger charge is -2.17. The molecule has 0 heterocycles. The summed E-state index contributed by atoms with van der Waals surface area (Å²) >= 11 is 0. The number of hydrazine groups is 1. The predicted molar refractivity (Wildman–Crippen MR) is 49.8 cm³/mol. The number of hydrazone groups is 1. The third-order valence-electron chi connectivity index (χ3n) is 1.57. The van der Waals surface area contributed by atoms with Crippen LogP contribution in [0.4, 0.5) is 0 Å². The second-order valence-corrected chi connectivity index (χ2v) is 2.65. The van der Waals surface area contributed by atoms with Gasteiger partial charge in [0.15, 0.2) is 5.03 Å². The van der Waals surface area contributed by atoms with Crippen molar-refractivity contribution in [3.8, 4) is 0 Å². The second-order valence-electron chi connectivity index (χ2n) is 2.65. The largest absolute Gasteiger partial charge is 0.363 e. The number of nitrogens with zero attached hydrogens (tertiary/aromatic N) is 3. The van der Waals surface area contributed by atoms with Crippen molar-refractivity contribution in [1.82, 2.24) is 10.6 Å². The second kappa shape index (κ2) is 7.04. The Labute approximate surface area is 81.5 Å². The van der Waals surface area contributed by atoms with Crippen LogP contribution in [0.5, 0.6) is 0 Å². The summed E-state index contributed by atoms with van der Waals surface area (Å²) in [4.78, 5) is 9.96. The van der Waals surface area contributed by atoms with Gasteiger partial charge in [-0.3, -0.25) is 10.2 Å². The highest BCUT2D eigenvalue weighted by Gasteiger charge is 2.09. The molecule has 0 aliphatic carbocycles. The molecule has 8 nitrogen and oxygen atoms in total. The van der Waals surface area contributed by atoms with E-state index in [4.69, 9.17) is 10.9 Å². The van der Waals surface area contributed by atoms with Crippen LogP contribution in [0, 0.1) is 10.1 Å². The van der Waals surface area contributed by atoms with Crippen molar-refractivity contribution in [2.45, 2.75) is 26.2 Å². The van der Waals surface area contributed by atoms with Crippen molar-refractivity contribution in [3.05, 3.63) is 10.1 Å². The van der Waals surface area contributed by atoms with Gasteiger partial charge < -0.3 is 5.73 Å². The maximum absolute atomic E-state index is 9.96. The summed E-state index contributed by atoms with van der Waals surface area (Å²) in [7, 11) is 0. The highest BCUT2D eigenvalue weighted by atomic mass is 16.7. The van der Waals surface area contributed by atoms with Gasteiger partial charge in [0.25, 0.3) is 5.96 Å². The summed E-state index contributed by atoms with van der Waals surface area (Å²) in [6.45, 7) is 2.39. The molecule has 0 rings (SSSR count). The zero-order valence-corrected chi connectivity index (χ0v) is 8.01. The number of unbranched alkanes of at least 4 members (excludes halogenated alkanes) is 2. The van der Waals surface area contributed by atoms with Gasteiger partial charge in [0, 0.05) is 6.54 Å². The first-order valence-electron chi connectivity index (χ1n) is 4.27. The Kier molecular flexibility index (Phi) is 6.33. The maximum Gasteiger partial charge on any atom is 0.284 e. The third kappa shape index (κ3) is 5.27. The zero-order chi connectivity index (χ0) is 11.0. The summed E-state index contributed by atoms with van der Waals surface area (Å²) in [5.41, 5.74) is 6.96. The number of nitro groups is 1. The van der Waals surface area contributed by atoms with E-state index < -0.39 is 5.03 Å².